The van der Waals surface area contributed by atoms with E-state index in [2.05, 4.69) is 12.1 Å². The standard InChI is InChI=1S/2C13H15OSi.Cr.2O/c2*1-10-8-9-11-6-4-5-7-12(11)13(10)15(2,3)14;;;/h2*4-9H,1-3H3;;;/q2*-1;+2;;. The van der Waals surface area contributed by atoms with Gasteiger partial charge in [0, 0.05) is 0 Å². The van der Waals surface area contributed by atoms with E-state index >= 15 is 0 Å². The van der Waals surface area contributed by atoms with Gasteiger partial charge in [-0.3, -0.25) is 0 Å². The molecule has 4 aromatic carbocycles. The third-order valence-electron chi connectivity index (χ3n) is 6.10. The molecule has 0 saturated heterocycles. The van der Waals surface area contributed by atoms with Gasteiger partial charge in [-0.1, -0.05) is 0 Å². The first-order chi connectivity index (χ1) is 15.4. The second-order valence-electron chi connectivity index (χ2n) is 9.55. The molecule has 4 nitrogen and oxygen atoms in total. The Morgan fingerprint density at radius 3 is 1.33 bits per heavy atom. The topological polar surface area (TPSA) is 52.6 Å². The molecule has 0 unspecified atom stereocenters. The van der Waals surface area contributed by atoms with Gasteiger partial charge in [0.05, 0.1) is 0 Å². The summed E-state index contributed by atoms with van der Waals surface area (Å²) in [5, 5.41) is 6.24. The molecule has 0 bridgehead atoms. The first kappa shape index (κ1) is 24.0. The van der Waals surface area contributed by atoms with Crippen LogP contribution in [-0.2, 0) is 28.2 Å². The zero-order chi connectivity index (χ0) is 24.0. The van der Waals surface area contributed by atoms with Crippen LogP contribution in [-0.4, -0.2) is 16.6 Å². The van der Waals surface area contributed by atoms with E-state index in [0.29, 0.717) is 0 Å². The van der Waals surface area contributed by atoms with Crippen LogP contribution in [0.5, 0.6) is 0 Å². The molecule has 0 amide bonds. The van der Waals surface area contributed by atoms with Crippen molar-refractivity contribution in [3.8, 4) is 0 Å². The minimum atomic E-state index is -5.15. The van der Waals surface area contributed by atoms with E-state index in [0.717, 1.165) is 43.0 Å². The van der Waals surface area contributed by atoms with Gasteiger partial charge >= 0.3 is 201 Å². The second-order valence-corrected chi connectivity index (χ2v) is 19.8. The van der Waals surface area contributed by atoms with Gasteiger partial charge in [-0.25, -0.2) is 0 Å². The molecular weight excluding hydrogens is 484 g/mol. The molecule has 0 aliphatic heterocycles. The fourth-order valence-corrected chi connectivity index (χ4v) is 16.2. The molecular formula is C26H30CrO4Si2. The SMILES string of the molecule is Cc1ccc2ccccc2c1[Si](C)(C)[O][Cr](=[O])(=[O])[O][Si](C)(C)c1c(C)ccc2ccccc12. The first-order valence-corrected chi connectivity index (χ1v) is 18.9. The molecule has 172 valence electrons. The van der Waals surface area contributed by atoms with Crippen molar-refractivity contribution < 1.29 is 28.2 Å². The van der Waals surface area contributed by atoms with E-state index in [4.69, 9.17) is 6.96 Å². The predicted octanol–water partition coefficient (Wildman–Crippen LogP) is 5.84. The number of benzene rings is 4. The Morgan fingerprint density at radius 1 is 0.576 bits per heavy atom. The van der Waals surface area contributed by atoms with Crippen molar-refractivity contribution in [3.63, 3.8) is 0 Å². The molecule has 0 spiro atoms. The molecule has 0 heterocycles. The van der Waals surface area contributed by atoms with Crippen LogP contribution in [0.25, 0.3) is 21.5 Å². The van der Waals surface area contributed by atoms with Crippen molar-refractivity contribution >= 4 is 48.6 Å². The summed E-state index contributed by atoms with van der Waals surface area (Å²) in [6.07, 6.45) is 0. The maximum absolute atomic E-state index is 13.4. The van der Waals surface area contributed by atoms with Crippen molar-refractivity contribution in [2.24, 2.45) is 0 Å². The zero-order valence-electron chi connectivity index (χ0n) is 20.0. The molecule has 4 aromatic rings. The van der Waals surface area contributed by atoms with Gasteiger partial charge < -0.3 is 0 Å². The van der Waals surface area contributed by atoms with Gasteiger partial charge in [0.2, 0.25) is 0 Å². The molecule has 0 aromatic heterocycles. The van der Waals surface area contributed by atoms with Gasteiger partial charge in [-0.2, -0.15) is 0 Å². The predicted molar refractivity (Wildman–Crippen MR) is 135 cm³/mol. The molecule has 4 rings (SSSR count). The third kappa shape index (κ3) is 4.76. The Morgan fingerprint density at radius 2 is 0.939 bits per heavy atom. The number of aryl methyl sites for hydroxylation is 2. The van der Waals surface area contributed by atoms with Crippen LogP contribution in [0.15, 0.2) is 72.8 Å². The summed E-state index contributed by atoms with van der Waals surface area (Å²) < 4.78 is 38.8. The molecule has 0 aliphatic carbocycles. The summed E-state index contributed by atoms with van der Waals surface area (Å²) in [5.74, 6) is 0. The van der Waals surface area contributed by atoms with Crippen LogP contribution in [0.2, 0.25) is 26.2 Å². The summed E-state index contributed by atoms with van der Waals surface area (Å²) in [7, 11) is -5.70. The summed E-state index contributed by atoms with van der Waals surface area (Å²) in [6, 6.07) is 24.3. The Hall–Kier alpha value is -2.11. The van der Waals surface area contributed by atoms with Crippen LogP contribution in [0.1, 0.15) is 11.1 Å². The Balaban J connectivity index is 1.72. The van der Waals surface area contributed by atoms with E-state index in [9.17, 15) is 7.61 Å². The number of fused-ring (bicyclic) bond motifs is 2. The van der Waals surface area contributed by atoms with E-state index in [1.807, 2.05) is 101 Å². The molecule has 33 heavy (non-hydrogen) atoms. The Bertz CT molecular complexity index is 1350. The first-order valence-electron chi connectivity index (χ1n) is 11.1. The van der Waals surface area contributed by atoms with Crippen molar-refractivity contribution in [3.05, 3.63) is 83.9 Å². The molecule has 0 aliphatic rings. The summed E-state index contributed by atoms with van der Waals surface area (Å²) in [5.41, 5.74) is 2.08. The van der Waals surface area contributed by atoms with Crippen LogP contribution in [0, 0.1) is 13.8 Å². The number of rotatable bonds is 6. The molecule has 7 heteroatoms. The van der Waals surface area contributed by atoms with E-state index in [1.54, 1.807) is 0 Å². The fourth-order valence-electron chi connectivity index (χ4n) is 4.97. The summed E-state index contributed by atoms with van der Waals surface area (Å²) >= 11 is -5.15. The Labute approximate surface area is 200 Å². The van der Waals surface area contributed by atoms with Crippen LogP contribution in [0.3, 0.4) is 0 Å². The maximum atomic E-state index is 13.4. The summed E-state index contributed by atoms with van der Waals surface area (Å²) in [6.45, 7) is 11.8. The van der Waals surface area contributed by atoms with E-state index in [1.165, 1.54) is 0 Å². The fraction of sp³-hybridized carbons (Fsp3) is 0.231. The van der Waals surface area contributed by atoms with Gasteiger partial charge in [-0.05, 0) is 0 Å². The van der Waals surface area contributed by atoms with Crippen LogP contribution < -0.4 is 10.4 Å². The quantitative estimate of drug-likeness (QED) is 0.303. The van der Waals surface area contributed by atoms with Crippen molar-refractivity contribution in [1.82, 2.24) is 0 Å². The van der Waals surface area contributed by atoms with Gasteiger partial charge in [0.1, 0.15) is 0 Å². The normalized spacial score (nSPS) is 13.0. The van der Waals surface area contributed by atoms with E-state index < -0.39 is 30.2 Å². The van der Waals surface area contributed by atoms with Gasteiger partial charge in [0.25, 0.3) is 0 Å². The zero-order valence-corrected chi connectivity index (χ0v) is 23.2. The van der Waals surface area contributed by atoms with E-state index in [-0.39, 0.29) is 0 Å². The number of hydrogen-bond acceptors (Lipinski definition) is 4. The molecule has 0 saturated carbocycles. The molecule has 0 N–H and O–H groups in total. The minimum absolute atomic E-state index is 0.998. The second kappa shape index (κ2) is 8.59. The van der Waals surface area contributed by atoms with Crippen molar-refractivity contribution in [2.75, 3.05) is 0 Å². The van der Waals surface area contributed by atoms with Crippen LogP contribution >= 0.6 is 0 Å². The molecule has 0 atom stereocenters. The van der Waals surface area contributed by atoms with Gasteiger partial charge in [-0.15, -0.1) is 0 Å². The average Bonchev–Trinajstić information content (AvgIpc) is 2.71. The van der Waals surface area contributed by atoms with Gasteiger partial charge in [0.15, 0.2) is 0 Å². The average molecular weight is 515 g/mol. The van der Waals surface area contributed by atoms with Crippen molar-refractivity contribution in [2.45, 2.75) is 40.0 Å². The van der Waals surface area contributed by atoms with Crippen LogP contribution in [0.4, 0.5) is 0 Å². The molecule has 0 fully saturated rings. The number of hydrogen-bond donors (Lipinski definition) is 0. The Kier molecular flexibility index (Phi) is 6.25. The molecule has 0 radical (unpaired) electrons. The monoisotopic (exact) mass is 514 g/mol. The summed E-state index contributed by atoms with van der Waals surface area (Å²) in [4.78, 5) is 0. The van der Waals surface area contributed by atoms with Crippen molar-refractivity contribution in [1.29, 1.82) is 0 Å². The third-order valence-corrected chi connectivity index (χ3v) is 16.9.